The number of hydrogen-bond acceptors (Lipinski definition) is 9. The Kier molecular flexibility index (Phi) is 6.37. The molecule has 1 aliphatic heterocycles. The van der Waals surface area contributed by atoms with E-state index in [2.05, 4.69) is 15.0 Å². The van der Waals surface area contributed by atoms with Crippen LogP contribution < -0.4 is 4.90 Å². The van der Waals surface area contributed by atoms with Gasteiger partial charge in [-0.25, -0.2) is 9.97 Å². The molecule has 2 aromatic heterocycles. The van der Waals surface area contributed by atoms with Crippen LogP contribution in [0.15, 0.2) is 18.7 Å². The summed E-state index contributed by atoms with van der Waals surface area (Å²) < 4.78 is 38.5. The Hall–Kier alpha value is -2.68. The fraction of sp³-hybridized carbons (Fsp3) is 0.462. The Morgan fingerprint density at radius 2 is 2.04 bits per heavy atom. The average molecular weight is 402 g/mol. The molecule has 13 nitrogen and oxygen atoms in total. The first-order valence-electron chi connectivity index (χ1n) is 7.63. The first-order chi connectivity index (χ1) is 12.6. The Morgan fingerprint density at radius 1 is 1.37 bits per heavy atom. The normalized spacial score (nSPS) is 17.2. The van der Waals surface area contributed by atoms with Crippen molar-refractivity contribution in [3.05, 3.63) is 34.5 Å². The second kappa shape index (κ2) is 8.34. The molecule has 2 N–H and O–H groups in total. The molecule has 1 atom stereocenters. The number of ether oxygens (including phenoxy) is 1. The van der Waals surface area contributed by atoms with Crippen LogP contribution in [0.3, 0.4) is 0 Å². The Labute approximate surface area is 154 Å². The first-order valence-corrected chi connectivity index (χ1v) is 9.03. The van der Waals surface area contributed by atoms with Crippen LogP contribution in [-0.4, -0.2) is 67.8 Å². The van der Waals surface area contributed by atoms with E-state index < -0.39 is 15.3 Å². The molecule has 0 unspecified atom stereocenters. The minimum absolute atomic E-state index is 0.109. The van der Waals surface area contributed by atoms with E-state index in [9.17, 15) is 10.1 Å². The van der Waals surface area contributed by atoms with Gasteiger partial charge in [0.25, 0.3) is 0 Å². The van der Waals surface area contributed by atoms with E-state index in [-0.39, 0.29) is 17.5 Å². The maximum absolute atomic E-state index is 11.3. The summed E-state index contributed by atoms with van der Waals surface area (Å²) in [4.78, 5) is 25.6. The zero-order chi connectivity index (χ0) is 20.2. The minimum atomic E-state index is -4.67. The summed E-state index contributed by atoms with van der Waals surface area (Å²) in [5, 5.41) is 11.3. The number of morpholine rings is 1. The van der Waals surface area contributed by atoms with E-state index >= 15 is 0 Å². The molecule has 1 aliphatic rings. The molecule has 0 aromatic carbocycles. The van der Waals surface area contributed by atoms with Gasteiger partial charge in [-0.3, -0.25) is 23.8 Å². The van der Waals surface area contributed by atoms with Crippen molar-refractivity contribution in [1.82, 2.24) is 19.5 Å². The highest BCUT2D eigenvalue weighted by Crippen LogP contribution is 2.27. The number of aromatic nitrogens is 4. The van der Waals surface area contributed by atoms with E-state index in [1.165, 1.54) is 10.9 Å². The van der Waals surface area contributed by atoms with Gasteiger partial charge in [0.15, 0.2) is 0 Å². The molecule has 0 aliphatic carbocycles. The fourth-order valence-corrected chi connectivity index (χ4v) is 2.47. The van der Waals surface area contributed by atoms with Crippen LogP contribution in [0.4, 0.5) is 11.6 Å². The van der Waals surface area contributed by atoms with Gasteiger partial charge in [-0.15, -0.1) is 0 Å². The van der Waals surface area contributed by atoms with Gasteiger partial charge in [-0.2, -0.15) is 13.4 Å². The Morgan fingerprint density at radius 3 is 2.56 bits per heavy atom. The van der Waals surface area contributed by atoms with E-state index in [1.54, 1.807) is 19.3 Å². The van der Waals surface area contributed by atoms with Crippen molar-refractivity contribution >= 4 is 22.0 Å². The molecular formula is C13H18N6O7S. The van der Waals surface area contributed by atoms with Crippen LogP contribution in [0.25, 0.3) is 5.82 Å². The van der Waals surface area contributed by atoms with Crippen LogP contribution in [0.5, 0.6) is 0 Å². The number of rotatable bonds is 3. The summed E-state index contributed by atoms with van der Waals surface area (Å²) in [6, 6.07) is 0.116. The van der Waals surface area contributed by atoms with Gasteiger partial charge in [-0.05, 0) is 13.8 Å². The van der Waals surface area contributed by atoms with Crippen LogP contribution in [0, 0.1) is 17.0 Å². The Balaban J connectivity index is 0.000000465. The first kappa shape index (κ1) is 20.6. The van der Waals surface area contributed by atoms with Gasteiger partial charge in [-0.1, -0.05) is 0 Å². The van der Waals surface area contributed by atoms with Gasteiger partial charge >= 0.3 is 16.1 Å². The van der Waals surface area contributed by atoms with Crippen molar-refractivity contribution in [3.8, 4) is 5.82 Å². The molecule has 3 rings (SSSR count). The molecule has 0 saturated carbocycles. The summed E-state index contributed by atoms with van der Waals surface area (Å²) in [7, 11) is -4.67. The van der Waals surface area contributed by atoms with Gasteiger partial charge in [0.2, 0.25) is 11.8 Å². The third-order valence-corrected chi connectivity index (χ3v) is 3.58. The van der Waals surface area contributed by atoms with E-state index in [1.807, 2.05) is 11.8 Å². The lowest BCUT2D eigenvalue weighted by Gasteiger charge is -2.33. The number of nitrogens with zero attached hydrogens (tertiary/aromatic N) is 6. The molecule has 1 fully saturated rings. The van der Waals surface area contributed by atoms with Crippen molar-refractivity contribution in [2.24, 2.45) is 0 Å². The van der Waals surface area contributed by atoms with Gasteiger partial charge in [0.1, 0.15) is 12.0 Å². The Bertz CT molecular complexity index is 894. The van der Waals surface area contributed by atoms with E-state index in [0.29, 0.717) is 31.4 Å². The molecule has 0 spiro atoms. The molecule has 0 bridgehead atoms. The highest BCUT2D eigenvalue weighted by atomic mass is 32.3. The molecular weight excluding hydrogens is 384 g/mol. The van der Waals surface area contributed by atoms with Crippen LogP contribution in [-0.2, 0) is 15.1 Å². The lowest BCUT2D eigenvalue weighted by molar-refractivity contribution is -0.385. The van der Waals surface area contributed by atoms with E-state index in [4.69, 9.17) is 22.3 Å². The van der Waals surface area contributed by atoms with Crippen LogP contribution >= 0.6 is 0 Å². The monoisotopic (exact) mass is 402 g/mol. The highest BCUT2D eigenvalue weighted by Gasteiger charge is 2.28. The standard InChI is InChI=1S/C13H16N6O3.H2O4S/c1-9-7-22-6-5-18(9)13-15-10(2)11(19(20)21)12(16-13)17-4-3-14-8-17;1-5(2,3)4/h3-4,8-9H,5-7H2,1-2H3;(H2,1,2,3,4)/t9-;/m0./s1. The van der Waals surface area contributed by atoms with Gasteiger partial charge < -0.3 is 9.64 Å². The largest absolute Gasteiger partial charge is 0.394 e. The molecule has 27 heavy (non-hydrogen) atoms. The molecule has 1 saturated heterocycles. The van der Waals surface area contributed by atoms with Crippen LogP contribution in [0.2, 0.25) is 0 Å². The highest BCUT2D eigenvalue weighted by molar-refractivity contribution is 7.79. The van der Waals surface area contributed by atoms with Crippen molar-refractivity contribution in [2.75, 3.05) is 24.7 Å². The zero-order valence-corrected chi connectivity index (χ0v) is 15.3. The molecule has 14 heteroatoms. The van der Waals surface area contributed by atoms with Crippen molar-refractivity contribution in [2.45, 2.75) is 19.9 Å². The lowest BCUT2D eigenvalue weighted by Crippen LogP contribution is -2.44. The van der Waals surface area contributed by atoms with Crippen molar-refractivity contribution < 1.29 is 27.2 Å². The third-order valence-electron chi connectivity index (χ3n) is 3.58. The number of aryl methyl sites for hydroxylation is 1. The maximum Gasteiger partial charge on any atom is 0.394 e. The molecule has 0 amide bonds. The predicted octanol–water partition coefficient (Wildman–Crippen LogP) is 0.451. The summed E-state index contributed by atoms with van der Waals surface area (Å²) in [5.41, 5.74) is 0.222. The summed E-state index contributed by atoms with van der Waals surface area (Å²) in [6.45, 7) is 5.46. The summed E-state index contributed by atoms with van der Waals surface area (Å²) >= 11 is 0. The quantitative estimate of drug-likeness (QED) is 0.414. The number of anilines is 1. The average Bonchev–Trinajstić information content (AvgIpc) is 3.07. The second-order valence-electron chi connectivity index (χ2n) is 5.57. The second-order valence-corrected chi connectivity index (χ2v) is 6.47. The number of imidazole rings is 1. The summed E-state index contributed by atoms with van der Waals surface area (Å²) in [5.74, 6) is 0.700. The van der Waals surface area contributed by atoms with Gasteiger partial charge in [0, 0.05) is 18.9 Å². The SMILES string of the molecule is Cc1nc(N2CCOC[C@@H]2C)nc(-n2ccnc2)c1[N+](=O)[O-].O=S(=O)(O)O. The van der Waals surface area contributed by atoms with Crippen molar-refractivity contribution in [3.63, 3.8) is 0 Å². The molecule has 0 radical (unpaired) electrons. The van der Waals surface area contributed by atoms with E-state index in [0.717, 1.165) is 0 Å². The fourth-order valence-electron chi connectivity index (χ4n) is 2.47. The topological polar surface area (TPSA) is 174 Å². The zero-order valence-electron chi connectivity index (χ0n) is 14.5. The van der Waals surface area contributed by atoms with Crippen molar-refractivity contribution in [1.29, 1.82) is 0 Å². The van der Waals surface area contributed by atoms with Gasteiger partial charge in [0.05, 0.1) is 24.2 Å². The smallest absolute Gasteiger partial charge is 0.377 e. The predicted molar refractivity (Wildman–Crippen MR) is 92.3 cm³/mol. The summed E-state index contributed by atoms with van der Waals surface area (Å²) in [6.07, 6.45) is 4.67. The maximum atomic E-state index is 11.3. The number of nitro groups is 1. The number of hydrogen-bond donors (Lipinski definition) is 2. The van der Waals surface area contributed by atoms with Crippen LogP contribution in [0.1, 0.15) is 12.6 Å². The molecule has 148 valence electrons. The molecule has 3 heterocycles. The molecule has 2 aromatic rings. The third kappa shape index (κ3) is 5.65. The minimum Gasteiger partial charge on any atom is -0.377 e. The lowest BCUT2D eigenvalue weighted by atomic mass is 10.2.